The molecule has 0 saturated carbocycles. The Balaban J connectivity index is 2.53. The molecule has 102 valence electrons. The fourth-order valence-electron chi connectivity index (χ4n) is 2.12. The lowest BCUT2D eigenvalue weighted by Crippen LogP contribution is -2.09. The van der Waals surface area contributed by atoms with E-state index in [4.69, 9.17) is 11.6 Å². The molecular weight excluding hydrogens is 278 g/mol. The van der Waals surface area contributed by atoms with Crippen LogP contribution >= 0.6 is 22.9 Å². The van der Waals surface area contributed by atoms with Gasteiger partial charge in [0.15, 0.2) is 5.82 Å². The molecule has 0 unspecified atom stereocenters. The van der Waals surface area contributed by atoms with Crippen LogP contribution in [0, 0.1) is 6.92 Å². The predicted molar refractivity (Wildman–Crippen MR) is 83.3 cm³/mol. The van der Waals surface area contributed by atoms with Crippen LogP contribution in [-0.4, -0.2) is 16.5 Å². The van der Waals surface area contributed by atoms with E-state index in [9.17, 15) is 0 Å². The van der Waals surface area contributed by atoms with Crippen molar-refractivity contribution in [3.8, 4) is 10.7 Å². The second-order valence-electron chi connectivity index (χ2n) is 4.68. The normalized spacial score (nSPS) is 11.1. The van der Waals surface area contributed by atoms with Crippen molar-refractivity contribution in [2.75, 3.05) is 11.9 Å². The van der Waals surface area contributed by atoms with E-state index in [-0.39, 0.29) is 0 Å². The third kappa shape index (κ3) is 3.07. The Morgan fingerprint density at radius 1 is 1.32 bits per heavy atom. The summed E-state index contributed by atoms with van der Waals surface area (Å²) in [5.74, 6) is 2.08. The molecule has 2 aromatic rings. The lowest BCUT2D eigenvalue weighted by atomic mass is 10.0. The van der Waals surface area contributed by atoms with Crippen molar-refractivity contribution in [2.45, 2.75) is 33.6 Å². The van der Waals surface area contributed by atoms with Crippen molar-refractivity contribution in [3.63, 3.8) is 0 Å². The summed E-state index contributed by atoms with van der Waals surface area (Å²) in [7, 11) is 0. The third-order valence-corrected chi connectivity index (χ3v) is 4.08. The van der Waals surface area contributed by atoms with E-state index in [0.717, 1.165) is 33.1 Å². The number of aryl methyl sites for hydroxylation is 1. The van der Waals surface area contributed by atoms with Gasteiger partial charge in [-0.2, -0.15) is 0 Å². The number of aromatic nitrogens is 2. The molecule has 5 heteroatoms. The van der Waals surface area contributed by atoms with Crippen LogP contribution in [0.4, 0.5) is 5.82 Å². The highest BCUT2D eigenvalue weighted by molar-refractivity contribution is 7.19. The van der Waals surface area contributed by atoms with Gasteiger partial charge in [-0.05, 0) is 31.9 Å². The van der Waals surface area contributed by atoms with Crippen LogP contribution in [0.2, 0.25) is 4.34 Å². The highest BCUT2D eigenvalue weighted by Gasteiger charge is 2.15. The maximum atomic E-state index is 5.98. The van der Waals surface area contributed by atoms with Gasteiger partial charge >= 0.3 is 0 Å². The van der Waals surface area contributed by atoms with Gasteiger partial charge in [0, 0.05) is 17.8 Å². The minimum Gasteiger partial charge on any atom is -0.370 e. The molecule has 2 heterocycles. The first-order valence-electron chi connectivity index (χ1n) is 6.41. The van der Waals surface area contributed by atoms with E-state index in [0.29, 0.717) is 5.92 Å². The maximum absolute atomic E-state index is 5.98. The molecule has 1 N–H and O–H groups in total. The van der Waals surface area contributed by atoms with Gasteiger partial charge in [-0.3, -0.25) is 0 Å². The van der Waals surface area contributed by atoms with Crippen LogP contribution in [-0.2, 0) is 0 Å². The van der Waals surface area contributed by atoms with Gasteiger partial charge < -0.3 is 5.32 Å². The summed E-state index contributed by atoms with van der Waals surface area (Å²) in [5.41, 5.74) is 2.22. The summed E-state index contributed by atoms with van der Waals surface area (Å²) in [6, 6.07) is 3.84. The number of hydrogen-bond acceptors (Lipinski definition) is 4. The SMILES string of the molecule is CCNc1nc(-c2ccc(Cl)s2)nc(C)c1C(C)C. The first-order chi connectivity index (χ1) is 9.02. The lowest BCUT2D eigenvalue weighted by Gasteiger charge is -2.16. The van der Waals surface area contributed by atoms with Gasteiger partial charge in [0.05, 0.1) is 9.21 Å². The second kappa shape index (κ2) is 5.88. The molecule has 3 nitrogen and oxygen atoms in total. The Morgan fingerprint density at radius 3 is 2.58 bits per heavy atom. The summed E-state index contributed by atoms with van der Waals surface area (Å²) in [6.07, 6.45) is 0. The second-order valence-corrected chi connectivity index (χ2v) is 6.40. The average Bonchev–Trinajstić information content (AvgIpc) is 2.75. The van der Waals surface area contributed by atoms with Gasteiger partial charge in [0.1, 0.15) is 5.82 Å². The number of thiophene rings is 1. The molecule has 19 heavy (non-hydrogen) atoms. The van der Waals surface area contributed by atoms with E-state index < -0.39 is 0 Å². The monoisotopic (exact) mass is 295 g/mol. The minimum absolute atomic E-state index is 0.398. The average molecular weight is 296 g/mol. The molecule has 0 spiro atoms. The summed E-state index contributed by atoms with van der Waals surface area (Å²) in [4.78, 5) is 10.3. The largest absolute Gasteiger partial charge is 0.370 e. The molecule has 0 aliphatic carbocycles. The van der Waals surface area contributed by atoms with Crippen LogP contribution in [0.25, 0.3) is 10.7 Å². The van der Waals surface area contributed by atoms with Crippen molar-refractivity contribution in [3.05, 3.63) is 27.7 Å². The molecule has 0 bridgehead atoms. The zero-order valence-corrected chi connectivity index (χ0v) is 13.2. The standard InChI is InChI=1S/C14H18ClN3S/c1-5-16-14-12(8(2)3)9(4)17-13(18-14)10-6-7-11(15)19-10/h6-8H,5H2,1-4H3,(H,16,17,18). The molecule has 0 aromatic carbocycles. The van der Waals surface area contributed by atoms with Crippen LogP contribution in [0.3, 0.4) is 0 Å². The highest BCUT2D eigenvalue weighted by atomic mass is 35.5. The van der Waals surface area contributed by atoms with Gasteiger partial charge in [-0.1, -0.05) is 25.4 Å². The molecule has 2 rings (SSSR count). The first kappa shape index (κ1) is 14.3. The topological polar surface area (TPSA) is 37.8 Å². The predicted octanol–water partition coefficient (Wildman–Crippen LogP) is 4.72. The number of nitrogens with zero attached hydrogens (tertiary/aromatic N) is 2. The van der Waals surface area contributed by atoms with E-state index in [2.05, 4.69) is 36.1 Å². The van der Waals surface area contributed by atoms with Crippen molar-refractivity contribution in [1.82, 2.24) is 9.97 Å². The Hall–Kier alpha value is -1.13. The number of halogens is 1. The molecule has 0 fully saturated rings. The van der Waals surface area contributed by atoms with E-state index >= 15 is 0 Å². The first-order valence-corrected chi connectivity index (χ1v) is 7.60. The fraction of sp³-hybridized carbons (Fsp3) is 0.429. The summed E-state index contributed by atoms with van der Waals surface area (Å²) in [5, 5.41) is 3.34. The van der Waals surface area contributed by atoms with Crippen molar-refractivity contribution >= 4 is 28.8 Å². The van der Waals surface area contributed by atoms with Gasteiger partial charge in [-0.25, -0.2) is 9.97 Å². The smallest absolute Gasteiger partial charge is 0.171 e. The molecule has 0 amide bonds. The third-order valence-electron chi connectivity index (χ3n) is 2.85. The Kier molecular flexibility index (Phi) is 4.42. The van der Waals surface area contributed by atoms with Gasteiger partial charge in [0.2, 0.25) is 0 Å². The molecule has 0 atom stereocenters. The van der Waals surface area contributed by atoms with Gasteiger partial charge in [0.25, 0.3) is 0 Å². The Morgan fingerprint density at radius 2 is 2.05 bits per heavy atom. The maximum Gasteiger partial charge on any atom is 0.171 e. The van der Waals surface area contributed by atoms with Crippen molar-refractivity contribution < 1.29 is 0 Å². The lowest BCUT2D eigenvalue weighted by molar-refractivity contribution is 0.831. The molecule has 0 saturated heterocycles. The molecule has 2 aromatic heterocycles. The molecule has 0 aliphatic heterocycles. The highest BCUT2D eigenvalue weighted by Crippen LogP contribution is 2.32. The number of nitrogens with one attached hydrogen (secondary N) is 1. The quantitative estimate of drug-likeness (QED) is 0.886. The van der Waals surface area contributed by atoms with E-state index in [1.807, 2.05) is 19.1 Å². The minimum atomic E-state index is 0.398. The number of rotatable bonds is 4. The van der Waals surface area contributed by atoms with Crippen LogP contribution in [0.5, 0.6) is 0 Å². The number of anilines is 1. The molecule has 0 radical (unpaired) electrons. The summed E-state index contributed by atoms with van der Waals surface area (Å²) in [6.45, 7) is 9.28. The Bertz CT molecular complexity index is 578. The zero-order valence-electron chi connectivity index (χ0n) is 11.6. The zero-order chi connectivity index (χ0) is 14.0. The van der Waals surface area contributed by atoms with Crippen molar-refractivity contribution in [2.24, 2.45) is 0 Å². The van der Waals surface area contributed by atoms with Crippen molar-refractivity contribution in [1.29, 1.82) is 0 Å². The van der Waals surface area contributed by atoms with E-state index in [1.165, 1.54) is 16.9 Å². The van der Waals surface area contributed by atoms with Crippen LogP contribution < -0.4 is 5.32 Å². The molecular formula is C14H18ClN3S. The van der Waals surface area contributed by atoms with Crippen LogP contribution in [0.1, 0.15) is 37.9 Å². The fourth-order valence-corrected chi connectivity index (χ4v) is 3.10. The summed E-state index contributed by atoms with van der Waals surface area (Å²) >= 11 is 7.48. The van der Waals surface area contributed by atoms with Crippen LogP contribution in [0.15, 0.2) is 12.1 Å². The van der Waals surface area contributed by atoms with E-state index in [1.54, 1.807) is 0 Å². The molecule has 0 aliphatic rings. The Labute approximate surface area is 123 Å². The number of hydrogen-bond donors (Lipinski definition) is 1. The summed E-state index contributed by atoms with van der Waals surface area (Å²) < 4.78 is 0.759. The van der Waals surface area contributed by atoms with Gasteiger partial charge in [-0.15, -0.1) is 11.3 Å².